The van der Waals surface area contributed by atoms with Gasteiger partial charge in [-0.05, 0) is 17.7 Å². The summed E-state index contributed by atoms with van der Waals surface area (Å²) in [6.45, 7) is 0. The number of nitrogens with one attached hydrogen (secondary N) is 1. The first-order valence-electron chi connectivity index (χ1n) is 4.13. The number of amides is 1. The summed E-state index contributed by atoms with van der Waals surface area (Å²) in [6, 6.07) is 9.23. The highest BCUT2D eigenvalue weighted by Crippen LogP contribution is 2.09. The van der Waals surface area contributed by atoms with E-state index in [4.69, 9.17) is 5.26 Å². The van der Waals surface area contributed by atoms with Crippen molar-refractivity contribution >= 4 is 24.2 Å². The predicted octanol–water partition coefficient (Wildman–Crippen LogP) is 1.62. The Morgan fingerprint density at radius 3 is 2.57 bits per heavy atom. The molecule has 0 unspecified atom stereocenters. The zero-order valence-corrected chi connectivity index (χ0v) is 8.42. The summed E-state index contributed by atoms with van der Waals surface area (Å²) in [4.78, 5) is 11.0. The number of carbonyl (C=O) groups excluding carboxylic acids is 1. The van der Waals surface area contributed by atoms with Gasteiger partial charge >= 0.3 is 0 Å². The van der Waals surface area contributed by atoms with Crippen LogP contribution in [0.4, 0.5) is 5.69 Å². The number of rotatable bonds is 3. The Balaban J connectivity index is 2.65. The molecule has 0 heterocycles. The first-order chi connectivity index (χ1) is 6.76. The van der Waals surface area contributed by atoms with E-state index in [2.05, 4.69) is 24.0 Å². The number of thiol groups is 1. The third-order valence-corrected chi connectivity index (χ3v) is 1.95. The van der Waals surface area contributed by atoms with Gasteiger partial charge in [0.05, 0.1) is 18.2 Å². The minimum Gasteiger partial charge on any atom is -0.325 e. The lowest BCUT2D eigenvalue weighted by Gasteiger charge is -2.03. The van der Waals surface area contributed by atoms with Crippen molar-refractivity contribution in [3.8, 4) is 6.07 Å². The number of anilines is 1. The van der Waals surface area contributed by atoms with Crippen molar-refractivity contribution < 1.29 is 4.79 Å². The Bertz CT molecular complexity index is 353. The molecule has 1 N–H and O–H groups in total. The first-order valence-corrected chi connectivity index (χ1v) is 4.76. The molecule has 3 nitrogen and oxygen atoms in total. The molecule has 1 amide bonds. The van der Waals surface area contributed by atoms with E-state index in [1.807, 2.05) is 12.1 Å². The number of nitrogens with zero attached hydrogens (tertiary/aromatic N) is 1. The molecule has 1 rings (SSSR count). The van der Waals surface area contributed by atoms with Crippen LogP contribution in [-0.2, 0) is 11.2 Å². The largest absolute Gasteiger partial charge is 0.325 e. The molecule has 0 bridgehead atoms. The van der Waals surface area contributed by atoms with Gasteiger partial charge in [0.25, 0.3) is 0 Å². The van der Waals surface area contributed by atoms with E-state index in [-0.39, 0.29) is 11.7 Å². The van der Waals surface area contributed by atoms with Gasteiger partial charge in [0, 0.05) is 5.69 Å². The topological polar surface area (TPSA) is 52.9 Å². The molecule has 0 spiro atoms. The molecule has 0 saturated carbocycles. The highest BCUT2D eigenvalue weighted by atomic mass is 32.1. The molecule has 4 heteroatoms. The van der Waals surface area contributed by atoms with Gasteiger partial charge in [0.1, 0.15) is 0 Å². The summed E-state index contributed by atoms with van der Waals surface area (Å²) in [5.41, 5.74) is 1.67. The van der Waals surface area contributed by atoms with Crippen molar-refractivity contribution in [3.63, 3.8) is 0 Å². The monoisotopic (exact) mass is 206 g/mol. The lowest BCUT2D eigenvalue weighted by molar-refractivity contribution is -0.113. The smallest absolute Gasteiger partial charge is 0.234 e. The van der Waals surface area contributed by atoms with Crippen molar-refractivity contribution in [3.05, 3.63) is 29.8 Å². The summed E-state index contributed by atoms with van der Waals surface area (Å²) < 4.78 is 0. The lowest BCUT2D eigenvalue weighted by Crippen LogP contribution is -2.12. The molecule has 14 heavy (non-hydrogen) atoms. The Hall–Kier alpha value is -1.47. The van der Waals surface area contributed by atoms with Gasteiger partial charge in [-0.15, -0.1) is 0 Å². The van der Waals surface area contributed by atoms with Crippen LogP contribution in [0.15, 0.2) is 24.3 Å². The van der Waals surface area contributed by atoms with Crippen LogP contribution in [0.5, 0.6) is 0 Å². The summed E-state index contributed by atoms with van der Waals surface area (Å²) in [5, 5.41) is 11.1. The Morgan fingerprint density at radius 2 is 2.07 bits per heavy atom. The molecule has 0 atom stereocenters. The van der Waals surface area contributed by atoms with Crippen molar-refractivity contribution in [2.24, 2.45) is 0 Å². The molecule has 72 valence electrons. The van der Waals surface area contributed by atoms with Gasteiger partial charge in [-0.25, -0.2) is 0 Å². The van der Waals surface area contributed by atoms with E-state index in [1.165, 1.54) is 0 Å². The molecule has 0 radical (unpaired) electrons. The van der Waals surface area contributed by atoms with Crippen LogP contribution >= 0.6 is 12.6 Å². The fourth-order valence-corrected chi connectivity index (χ4v) is 1.08. The molecule has 1 aromatic carbocycles. The minimum absolute atomic E-state index is 0.138. The minimum atomic E-state index is -0.138. The van der Waals surface area contributed by atoms with Gasteiger partial charge in [0.15, 0.2) is 0 Å². The van der Waals surface area contributed by atoms with Crippen LogP contribution in [0, 0.1) is 11.3 Å². The van der Waals surface area contributed by atoms with E-state index < -0.39 is 0 Å². The third-order valence-electron chi connectivity index (χ3n) is 1.66. The van der Waals surface area contributed by atoms with E-state index >= 15 is 0 Å². The van der Waals surface area contributed by atoms with Crippen LogP contribution in [0.3, 0.4) is 0 Å². The summed E-state index contributed by atoms with van der Waals surface area (Å²) in [5.74, 6) is 0.0290. The van der Waals surface area contributed by atoms with Crippen LogP contribution in [-0.4, -0.2) is 11.7 Å². The molecule has 0 aliphatic carbocycles. The van der Waals surface area contributed by atoms with Gasteiger partial charge in [-0.1, -0.05) is 12.1 Å². The van der Waals surface area contributed by atoms with E-state index in [0.717, 1.165) is 11.3 Å². The van der Waals surface area contributed by atoms with E-state index in [1.54, 1.807) is 12.1 Å². The highest BCUT2D eigenvalue weighted by molar-refractivity contribution is 7.81. The number of carbonyl (C=O) groups is 1. The average Bonchev–Trinajstić information content (AvgIpc) is 2.21. The summed E-state index contributed by atoms with van der Waals surface area (Å²) in [7, 11) is 0. The van der Waals surface area contributed by atoms with Crippen molar-refractivity contribution in [2.75, 3.05) is 11.1 Å². The molecule has 0 aliphatic rings. The second kappa shape index (κ2) is 5.30. The van der Waals surface area contributed by atoms with Gasteiger partial charge in [0.2, 0.25) is 5.91 Å². The van der Waals surface area contributed by atoms with E-state index in [9.17, 15) is 4.79 Å². The fraction of sp³-hybridized carbons (Fsp3) is 0.200. The van der Waals surface area contributed by atoms with Crippen molar-refractivity contribution in [1.82, 2.24) is 0 Å². The predicted molar refractivity (Wildman–Crippen MR) is 58.2 cm³/mol. The van der Waals surface area contributed by atoms with E-state index in [0.29, 0.717) is 6.42 Å². The second-order valence-electron chi connectivity index (χ2n) is 2.74. The van der Waals surface area contributed by atoms with Crippen molar-refractivity contribution in [2.45, 2.75) is 6.42 Å². The average molecular weight is 206 g/mol. The SMILES string of the molecule is N#CCc1ccc(NC(=O)CS)cc1. The van der Waals surface area contributed by atoms with Crippen molar-refractivity contribution in [1.29, 1.82) is 5.26 Å². The van der Waals surface area contributed by atoms with Gasteiger partial charge < -0.3 is 5.32 Å². The zero-order valence-electron chi connectivity index (χ0n) is 7.53. The molecule has 0 aromatic heterocycles. The first kappa shape index (κ1) is 10.6. The summed E-state index contributed by atoms with van der Waals surface area (Å²) in [6.07, 6.45) is 0.390. The van der Waals surface area contributed by atoms with Crippen LogP contribution < -0.4 is 5.32 Å². The summed E-state index contributed by atoms with van der Waals surface area (Å²) >= 11 is 3.84. The maximum atomic E-state index is 11.0. The maximum Gasteiger partial charge on any atom is 0.234 e. The quantitative estimate of drug-likeness (QED) is 0.738. The van der Waals surface area contributed by atoms with Crippen LogP contribution in [0.25, 0.3) is 0 Å². The number of hydrogen-bond acceptors (Lipinski definition) is 3. The zero-order chi connectivity index (χ0) is 10.4. The van der Waals surface area contributed by atoms with Crippen LogP contribution in [0.1, 0.15) is 5.56 Å². The van der Waals surface area contributed by atoms with Gasteiger partial charge in [-0.3, -0.25) is 4.79 Å². The molecular formula is C10H10N2OS. The standard InChI is InChI=1S/C10H10N2OS/c11-6-5-8-1-3-9(4-2-8)12-10(13)7-14/h1-4,14H,5,7H2,(H,12,13). The number of hydrogen-bond donors (Lipinski definition) is 2. The molecule has 0 saturated heterocycles. The van der Waals surface area contributed by atoms with Gasteiger partial charge in [-0.2, -0.15) is 17.9 Å². The molecule has 0 aliphatic heterocycles. The number of nitriles is 1. The number of benzene rings is 1. The van der Waals surface area contributed by atoms with Crippen LogP contribution in [0.2, 0.25) is 0 Å². The molecule has 1 aromatic rings. The highest BCUT2D eigenvalue weighted by Gasteiger charge is 1.98. The Labute approximate surface area is 88.2 Å². The fourth-order valence-electron chi connectivity index (χ4n) is 0.998. The molecular weight excluding hydrogens is 196 g/mol. The maximum absolute atomic E-state index is 11.0. The Kier molecular flexibility index (Phi) is 4.02. The second-order valence-corrected chi connectivity index (χ2v) is 3.05. The lowest BCUT2D eigenvalue weighted by atomic mass is 10.1. The normalized spacial score (nSPS) is 9.14. The molecule has 0 fully saturated rings. The third kappa shape index (κ3) is 3.11. The Morgan fingerprint density at radius 1 is 1.43 bits per heavy atom.